The van der Waals surface area contributed by atoms with Crippen LogP contribution in [0.4, 0.5) is 5.69 Å². The van der Waals surface area contributed by atoms with Crippen LogP contribution in [0.1, 0.15) is 25.7 Å². The van der Waals surface area contributed by atoms with Crippen molar-refractivity contribution in [2.45, 2.75) is 25.7 Å². The van der Waals surface area contributed by atoms with Gasteiger partial charge in [-0.15, -0.1) is 0 Å². The molecule has 0 unspecified atom stereocenters. The lowest BCUT2D eigenvalue weighted by molar-refractivity contribution is -0.154. The second-order valence-electron chi connectivity index (χ2n) is 6.48. The van der Waals surface area contributed by atoms with E-state index in [-0.39, 0.29) is 23.7 Å². The maximum absolute atomic E-state index is 12.3. The summed E-state index contributed by atoms with van der Waals surface area (Å²) >= 11 is 5.82. The highest BCUT2D eigenvalue weighted by atomic mass is 35.5. The molecule has 3 amide bonds. The van der Waals surface area contributed by atoms with E-state index in [1.54, 1.807) is 24.3 Å². The number of hydrogen-bond donors (Lipinski definition) is 1. The summed E-state index contributed by atoms with van der Waals surface area (Å²) in [6, 6.07) is 6.55. The third kappa shape index (κ3) is 4.04. The second-order valence-corrected chi connectivity index (χ2v) is 6.92. The number of carbonyl (C=O) groups is 4. The standard InChI is InChI=1S/C18H19ClN2O5/c19-11-4-3-5-12(8-11)20-15(22)10-26-16(23)9-21-17(24)13-6-1-2-7-14(13)18(21)25/h3-5,8,13-14H,1-2,6-7,9-10H2,(H,20,22)/t13-,14-/m1/s1. The van der Waals surface area contributed by atoms with E-state index >= 15 is 0 Å². The van der Waals surface area contributed by atoms with Gasteiger partial charge in [0.05, 0.1) is 11.8 Å². The molecule has 138 valence electrons. The number of hydrogen-bond acceptors (Lipinski definition) is 5. The van der Waals surface area contributed by atoms with Crippen molar-refractivity contribution in [1.29, 1.82) is 0 Å². The van der Waals surface area contributed by atoms with E-state index < -0.39 is 25.0 Å². The van der Waals surface area contributed by atoms with Crippen molar-refractivity contribution in [2.24, 2.45) is 11.8 Å². The molecule has 0 bridgehead atoms. The molecule has 0 spiro atoms. The van der Waals surface area contributed by atoms with Crippen molar-refractivity contribution in [3.8, 4) is 0 Å². The van der Waals surface area contributed by atoms with Crippen LogP contribution in [0.2, 0.25) is 5.02 Å². The van der Waals surface area contributed by atoms with Gasteiger partial charge in [0.25, 0.3) is 5.91 Å². The number of likely N-dealkylation sites (tertiary alicyclic amines) is 1. The van der Waals surface area contributed by atoms with Gasteiger partial charge in [0.1, 0.15) is 6.54 Å². The monoisotopic (exact) mass is 378 g/mol. The molecule has 1 aliphatic carbocycles. The summed E-state index contributed by atoms with van der Waals surface area (Å²) in [6.45, 7) is -0.955. The molecule has 1 saturated heterocycles. The Kier molecular flexibility index (Phi) is 5.56. The quantitative estimate of drug-likeness (QED) is 0.624. The summed E-state index contributed by atoms with van der Waals surface area (Å²) in [7, 11) is 0. The fourth-order valence-corrected chi connectivity index (χ4v) is 3.66. The van der Waals surface area contributed by atoms with Crippen LogP contribution in [0.25, 0.3) is 0 Å². The SMILES string of the molecule is O=C(COC(=O)CN1C(=O)[C@@H]2CCCC[C@H]2C1=O)Nc1cccc(Cl)c1. The van der Waals surface area contributed by atoms with Crippen LogP contribution in [-0.4, -0.2) is 41.7 Å². The normalized spacial score (nSPS) is 22.1. The van der Waals surface area contributed by atoms with E-state index in [4.69, 9.17) is 16.3 Å². The van der Waals surface area contributed by atoms with Crippen molar-refractivity contribution >= 4 is 41.0 Å². The molecule has 1 heterocycles. The van der Waals surface area contributed by atoms with Gasteiger partial charge in [-0.05, 0) is 31.0 Å². The number of halogens is 1. The first-order chi connectivity index (χ1) is 12.5. The van der Waals surface area contributed by atoms with Crippen LogP contribution in [0.3, 0.4) is 0 Å². The lowest BCUT2D eigenvalue weighted by Crippen LogP contribution is -2.37. The Bertz CT molecular complexity index is 727. The van der Waals surface area contributed by atoms with Crippen LogP contribution in [0.5, 0.6) is 0 Å². The van der Waals surface area contributed by atoms with E-state index in [9.17, 15) is 19.2 Å². The molecule has 2 aliphatic rings. The summed E-state index contributed by atoms with van der Waals surface area (Å²) in [4.78, 5) is 49.3. The third-order valence-electron chi connectivity index (χ3n) is 4.69. The van der Waals surface area contributed by atoms with Gasteiger partial charge in [0, 0.05) is 10.7 Å². The van der Waals surface area contributed by atoms with Gasteiger partial charge in [0.15, 0.2) is 6.61 Å². The van der Waals surface area contributed by atoms with Gasteiger partial charge in [-0.3, -0.25) is 24.1 Å². The highest BCUT2D eigenvalue weighted by molar-refractivity contribution is 6.30. The Labute approximate surface area is 155 Å². The van der Waals surface area contributed by atoms with Gasteiger partial charge < -0.3 is 10.1 Å². The van der Waals surface area contributed by atoms with Gasteiger partial charge >= 0.3 is 5.97 Å². The van der Waals surface area contributed by atoms with Gasteiger partial charge in [0.2, 0.25) is 11.8 Å². The average molecular weight is 379 g/mol. The van der Waals surface area contributed by atoms with E-state index in [1.807, 2.05) is 0 Å². The third-order valence-corrected chi connectivity index (χ3v) is 4.93. The molecule has 3 rings (SSSR count). The molecule has 1 N–H and O–H groups in total. The first-order valence-electron chi connectivity index (χ1n) is 8.52. The molecular weight excluding hydrogens is 360 g/mol. The topological polar surface area (TPSA) is 92.8 Å². The minimum absolute atomic E-state index is 0.306. The predicted molar refractivity (Wildman–Crippen MR) is 93.2 cm³/mol. The zero-order chi connectivity index (χ0) is 18.7. The zero-order valence-corrected chi connectivity index (χ0v) is 14.8. The Morgan fingerprint density at radius 3 is 2.42 bits per heavy atom. The van der Waals surface area contributed by atoms with Crippen LogP contribution >= 0.6 is 11.6 Å². The van der Waals surface area contributed by atoms with Crippen molar-refractivity contribution < 1.29 is 23.9 Å². The van der Waals surface area contributed by atoms with Crippen LogP contribution < -0.4 is 5.32 Å². The van der Waals surface area contributed by atoms with Gasteiger partial charge in [-0.2, -0.15) is 0 Å². The second kappa shape index (κ2) is 7.86. The average Bonchev–Trinajstić information content (AvgIpc) is 2.85. The molecule has 1 aromatic rings. The number of anilines is 1. The van der Waals surface area contributed by atoms with Crippen molar-refractivity contribution in [2.75, 3.05) is 18.5 Å². The molecule has 26 heavy (non-hydrogen) atoms. The predicted octanol–water partition coefficient (Wildman–Crippen LogP) is 2.00. The highest BCUT2D eigenvalue weighted by Gasteiger charge is 2.48. The largest absolute Gasteiger partial charge is 0.454 e. The first kappa shape index (κ1) is 18.4. The van der Waals surface area contributed by atoms with Crippen molar-refractivity contribution in [1.82, 2.24) is 4.90 Å². The molecule has 1 aliphatic heterocycles. The molecule has 2 fully saturated rings. The summed E-state index contributed by atoms with van der Waals surface area (Å²) in [6.07, 6.45) is 3.20. The number of ether oxygens (including phenoxy) is 1. The molecule has 0 radical (unpaired) electrons. The number of benzene rings is 1. The summed E-state index contributed by atoms with van der Waals surface area (Å²) in [5.41, 5.74) is 0.479. The van der Waals surface area contributed by atoms with Crippen LogP contribution in [0, 0.1) is 11.8 Å². The molecule has 2 atom stereocenters. The number of amides is 3. The zero-order valence-electron chi connectivity index (χ0n) is 14.1. The smallest absolute Gasteiger partial charge is 0.326 e. The Balaban J connectivity index is 1.49. The van der Waals surface area contributed by atoms with Gasteiger partial charge in [-0.1, -0.05) is 30.5 Å². The minimum atomic E-state index is -0.786. The Hall–Kier alpha value is -2.41. The molecule has 7 nitrogen and oxygen atoms in total. The molecule has 1 aromatic carbocycles. The number of carbonyl (C=O) groups excluding carboxylic acids is 4. The fourth-order valence-electron chi connectivity index (χ4n) is 3.47. The highest BCUT2D eigenvalue weighted by Crippen LogP contribution is 2.37. The molecule has 0 aromatic heterocycles. The summed E-state index contributed by atoms with van der Waals surface area (Å²) in [5, 5.41) is 3.01. The molecule has 8 heteroatoms. The molecular formula is C18H19ClN2O5. The van der Waals surface area contributed by atoms with Crippen LogP contribution in [-0.2, 0) is 23.9 Å². The number of esters is 1. The molecule has 1 saturated carbocycles. The summed E-state index contributed by atoms with van der Waals surface area (Å²) in [5.74, 6) is -2.55. The lowest BCUT2D eigenvalue weighted by Gasteiger charge is -2.19. The minimum Gasteiger partial charge on any atom is -0.454 e. The van der Waals surface area contributed by atoms with Crippen molar-refractivity contribution in [3.05, 3.63) is 29.3 Å². The number of rotatable bonds is 5. The Morgan fingerprint density at radius 2 is 1.81 bits per heavy atom. The first-order valence-corrected chi connectivity index (χ1v) is 8.90. The maximum Gasteiger partial charge on any atom is 0.326 e. The Morgan fingerprint density at radius 1 is 1.15 bits per heavy atom. The van der Waals surface area contributed by atoms with E-state index in [0.717, 1.165) is 17.7 Å². The number of nitrogens with zero attached hydrogens (tertiary/aromatic N) is 1. The van der Waals surface area contributed by atoms with Crippen molar-refractivity contribution in [3.63, 3.8) is 0 Å². The maximum atomic E-state index is 12.3. The number of fused-ring (bicyclic) bond motifs is 1. The van der Waals surface area contributed by atoms with E-state index in [2.05, 4.69) is 5.32 Å². The van der Waals surface area contributed by atoms with E-state index in [1.165, 1.54) is 0 Å². The lowest BCUT2D eigenvalue weighted by atomic mass is 9.81. The number of nitrogens with one attached hydrogen (secondary N) is 1. The van der Waals surface area contributed by atoms with Crippen LogP contribution in [0.15, 0.2) is 24.3 Å². The number of imide groups is 1. The summed E-state index contributed by atoms with van der Waals surface area (Å²) < 4.78 is 4.89. The van der Waals surface area contributed by atoms with E-state index in [0.29, 0.717) is 23.6 Å². The van der Waals surface area contributed by atoms with Gasteiger partial charge in [-0.25, -0.2) is 0 Å². The fraction of sp³-hybridized carbons (Fsp3) is 0.444.